The fraction of sp³-hybridized carbons (Fsp3) is 0.154. The molecule has 0 unspecified atom stereocenters. The van der Waals surface area contributed by atoms with Crippen LogP contribution in [0.2, 0.25) is 0 Å². The van der Waals surface area contributed by atoms with Gasteiger partial charge in [0.1, 0.15) is 11.7 Å². The van der Waals surface area contributed by atoms with Crippen LogP contribution in [0.5, 0.6) is 0 Å². The monoisotopic (exact) mass is 241 g/mol. The zero-order chi connectivity index (χ0) is 12.7. The molecule has 2 aromatic rings. The Hall–Kier alpha value is -2.43. The number of carbonyl (C=O) groups excluding carboxylic acids is 2. The van der Waals surface area contributed by atoms with Crippen molar-refractivity contribution >= 4 is 17.6 Å². The highest BCUT2D eigenvalue weighted by molar-refractivity contribution is 6.11. The van der Waals surface area contributed by atoms with E-state index in [0.717, 1.165) is 5.56 Å². The molecule has 1 aliphatic heterocycles. The van der Waals surface area contributed by atoms with Crippen LogP contribution >= 0.6 is 0 Å². The molecule has 5 nitrogen and oxygen atoms in total. The third-order valence-corrected chi connectivity index (χ3v) is 3.00. The van der Waals surface area contributed by atoms with Crippen molar-refractivity contribution in [3.8, 4) is 11.3 Å². The summed E-state index contributed by atoms with van der Waals surface area (Å²) in [6.45, 7) is 1.57. The van der Waals surface area contributed by atoms with Crippen LogP contribution in [0, 0.1) is 5.92 Å². The number of aromatic nitrogens is 2. The average Bonchev–Trinajstić information content (AvgIpc) is 2.81. The molecule has 2 heterocycles. The number of carbonyl (C=O) groups is 2. The summed E-state index contributed by atoms with van der Waals surface area (Å²) in [5.74, 6) is -0.842. The van der Waals surface area contributed by atoms with Crippen LogP contribution in [-0.2, 0) is 4.79 Å². The molecule has 18 heavy (non-hydrogen) atoms. The molecule has 0 bridgehead atoms. The van der Waals surface area contributed by atoms with Crippen molar-refractivity contribution in [2.24, 2.45) is 5.92 Å². The minimum Gasteiger partial charge on any atom is -0.310 e. The highest BCUT2D eigenvalue weighted by atomic mass is 16.2. The van der Waals surface area contributed by atoms with Gasteiger partial charge in [-0.05, 0) is 6.92 Å². The van der Waals surface area contributed by atoms with Gasteiger partial charge in [-0.15, -0.1) is 0 Å². The number of amides is 1. The average molecular weight is 241 g/mol. The number of nitrogens with one attached hydrogen (secondary N) is 1. The van der Waals surface area contributed by atoms with Crippen molar-refractivity contribution in [3.63, 3.8) is 0 Å². The van der Waals surface area contributed by atoms with Gasteiger partial charge in [-0.2, -0.15) is 9.78 Å². The number of hydrogen-bond acceptors (Lipinski definition) is 3. The Bertz CT molecular complexity index is 631. The van der Waals surface area contributed by atoms with E-state index in [1.807, 2.05) is 30.3 Å². The van der Waals surface area contributed by atoms with Gasteiger partial charge < -0.3 is 5.32 Å². The summed E-state index contributed by atoms with van der Waals surface area (Å²) in [7, 11) is 0. The van der Waals surface area contributed by atoms with Gasteiger partial charge in [0.2, 0.25) is 5.91 Å². The second-order valence-electron chi connectivity index (χ2n) is 4.24. The lowest BCUT2D eigenvalue weighted by molar-refractivity contribution is -0.118. The summed E-state index contributed by atoms with van der Waals surface area (Å²) in [5, 5.41) is 6.91. The minimum absolute atomic E-state index is 0.285. The largest absolute Gasteiger partial charge is 0.310 e. The molecule has 1 aromatic heterocycles. The summed E-state index contributed by atoms with van der Waals surface area (Å²) in [4.78, 5) is 23.5. The van der Waals surface area contributed by atoms with Gasteiger partial charge >= 0.3 is 0 Å². The highest BCUT2D eigenvalue weighted by Gasteiger charge is 2.32. The highest BCUT2D eigenvalue weighted by Crippen LogP contribution is 2.25. The van der Waals surface area contributed by atoms with Gasteiger partial charge in [0.05, 0.1) is 5.69 Å². The topological polar surface area (TPSA) is 64.0 Å². The molecule has 1 aliphatic rings. The Balaban J connectivity index is 2.09. The van der Waals surface area contributed by atoms with Gasteiger partial charge in [-0.3, -0.25) is 9.59 Å². The SMILES string of the molecule is C[C@@H]1C(=O)Nc2cc(-c3ccccc3)nn2C1=O. The van der Waals surface area contributed by atoms with Crippen molar-refractivity contribution in [2.45, 2.75) is 6.92 Å². The van der Waals surface area contributed by atoms with Crippen LogP contribution in [0.15, 0.2) is 36.4 Å². The van der Waals surface area contributed by atoms with Crippen LogP contribution in [0.25, 0.3) is 11.3 Å². The summed E-state index contributed by atoms with van der Waals surface area (Å²) in [6, 6.07) is 11.2. The molecule has 0 spiro atoms. The number of fused-ring (bicyclic) bond motifs is 1. The Kier molecular flexibility index (Phi) is 2.26. The first-order valence-electron chi connectivity index (χ1n) is 5.67. The van der Waals surface area contributed by atoms with E-state index in [9.17, 15) is 9.59 Å². The van der Waals surface area contributed by atoms with E-state index in [4.69, 9.17) is 0 Å². The summed E-state index contributed by atoms with van der Waals surface area (Å²) >= 11 is 0. The van der Waals surface area contributed by atoms with Crippen molar-refractivity contribution < 1.29 is 9.59 Å². The number of nitrogens with zero attached hydrogens (tertiary/aromatic N) is 2. The molecule has 0 aliphatic carbocycles. The predicted octanol–water partition coefficient (Wildman–Crippen LogP) is 1.78. The van der Waals surface area contributed by atoms with E-state index in [1.54, 1.807) is 13.0 Å². The van der Waals surface area contributed by atoms with E-state index >= 15 is 0 Å². The lowest BCUT2D eigenvalue weighted by atomic mass is 10.1. The van der Waals surface area contributed by atoms with Gasteiger partial charge in [0, 0.05) is 11.6 Å². The van der Waals surface area contributed by atoms with E-state index in [2.05, 4.69) is 10.4 Å². The number of rotatable bonds is 1. The van der Waals surface area contributed by atoms with Crippen LogP contribution < -0.4 is 5.32 Å². The van der Waals surface area contributed by atoms with Crippen molar-refractivity contribution in [2.75, 3.05) is 5.32 Å². The zero-order valence-corrected chi connectivity index (χ0v) is 9.75. The van der Waals surface area contributed by atoms with Crippen LogP contribution in [0.1, 0.15) is 11.7 Å². The molecule has 0 saturated carbocycles. The maximum Gasteiger partial charge on any atom is 0.261 e. The molecular formula is C13H11N3O2. The molecule has 1 aromatic carbocycles. The molecule has 5 heteroatoms. The van der Waals surface area contributed by atoms with Crippen molar-refractivity contribution in [1.82, 2.24) is 9.78 Å². The van der Waals surface area contributed by atoms with E-state index < -0.39 is 5.92 Å². The summed E-state index contributed by atoms with van der Waals surface area (Å²) in [5.41, 5.74) is 1.59. The molecule has 0 radical (unpaired) electrons. The Morgan fingerprint density at radius 2 is 1.94 bits per heavy atom. The second kappa shape index (κ2) is 3.80. The maximum absolute atomic E-state index is 11.9. The lowest BCUT2D eigenvalue weighted by Crippen LogP contribution is -2.37. The van der Waals surface area contributed by atoms with Gasteiger partial charge in [-0.1, -0.05) is 30.3 Å². The molecule has 1 amide bonds. The van der Waals surface area contributed by atoms with Gasteiger partial charge in [0.15, 0.2) is 0 Å². The molecule has 1 N–H and O–H groups in total. The smallest absolute Gasteiger partial charge is 0.261 e. The van der Waals surface area contributed by atoms with Crippen LogP contribution in [-0.4, -0.2) is 21.6 Å². The number of hydrogen-bond donors (Lipinski definition) is 1. The standard InChI is InChI=1S/C13H11N3O2/c1-8-12(17)14-11-7-10(15-16(11)13(8)18)9-5-3-2-4-6-9/h2-8H,1H3,(H,14,17)/t8-/m1/s1. The Morgan fingerprint density at radius 3 is 2.67 bits per heavy atom. The van der Waals surface area contributed by atoms with Crippen molar-refractivity contribution in [3.05, 3.63) is 36.4 Å². The van der Waals surface area contributed by atoms with E-state index in [0.29, 0.717) is 11.5 Å². The van der Waals surface area contributed by atoms with Crippen LogP contribution in [0.3, 0.4) is 0 Å². The Labute approximate surface area is 103 Å². The maximum atomic E-state index is 11.9. The molecule has 0 fully saturated rings. The number of anilines is 1. The fourth-order valence-corrected chi connectivity index (χ4v) is 1.92. The predicted molar refractivity (Wildman–Crippen MR) is 66.1 cm³/mol. The van der Waals surface area contributed by atoms with E-state index in [1.165, 1.54) is 4.68 Å². The molecule has 0 saturated heterocycles. The molecule has 1 atom stereocenters. The Morgan fingerprint density at radius 1 is 1.22 bits per heavy atom. The van der Waals surface area contributed by atoms with Gasteiger partial charge in [0.25, 0.3) is 5.91 Å². The molecule has 3 rings (SSSR count). The first-order valence-corrected chi connectivity index (χ1v) is 5.67. The third kappa shape index (κ3) is 1.52. The fourth-order valence-electron chi connectivity index (χ4n) is 1.92. The first kappa shape index (κ1) is 10.7. The van der Waals surface area contributed by atoms with E-state index in [-0.39, 0.29) is 11.8 Å². The quantitative estimate of drug-likeness (QED) is 0.774. The molecular weight excluding hydrogens is 230 g/mol. The normalized spacial score (nSPS) is 18.4. The third-order valence-electron chi connectivity index (χ3n) is 3.00. The van der Waals surface area contributed by atoms with Crippen LogP contribution in [0.4, 0.5) is 5.82 Å². The van der Waals surface area contributed by atoms with Crippen molar-refractivity contribution in [1.29, 1.82) is 0 Å². The summed E-state index contributed by atoms with van der Waals surface area (Å²) < 4.78 is 1.26. The minimum atomic E-state index is -0.693. The zero-order valence-electron chi connectivity index (χ0n) is 9.75. The first-order chi connectivity index (χ1) is 8.66. The van der Waals surface area contributed by atoms with Gasteiger partial charge in [-0.25, -0.2) is 0 Å². The molecule has 90 valence electrons. The lowest BCUT2D eigenvalue weighted by Gasteiger charge is -2.17. The summed E-state index contributed by atoms with van der Waals surface area (Å²) in [6.07, 6.45) is 0. The number of benzene rings is 1. The second-order valence-corrected chi connectivity index (χ2v) is 4.24.